The summed E-state index contributed by atoms with van der Waals surface area (Å²) in [5.41, 5.74) is 2.63. The van der Waals surface area contributed by atoms with Crippen molar-refractivity contribution in [3.63, 3.8) is 0 Å². The maximum atomic E-state index is 5.82. The summed E-state index contributed by atoms with van der Waals surface area (Å²) in [6.45, 7) is 1.51. The van der Waals surface area contributed by atoms with Gasteiger partial charge in [0, 0.05) is 0 Å². The van der Waals surface area contributed by atoms with Crippen LogP contribution < -0.4 is 4.74 Å². The zero-order chi connectivity index (χ0) is 12.9. The minimum atomic E-state index is 0.308. The zero-order valence-electron chi connectivity index (χ0n) is 10.9. The van der Waals surface area contributed by atoms with Gasteiger partial charge in [0.25, 0.3) is 0 Å². The van der Waals surface area contributed by atoms with Crippen molar-refractivity contribution in [3.05, 3.63) is 65.7 Å². The molecule has 98 valence electrons. The molecule has 19 heavy (non-hydrogen) atoms. The molecule has 2 aromatic rings. The minimum Gasteiger partial charge on any atom is -0.491 e. The Morgan fingerprint density at radius 3 is 2.47 bits per heavy atom. The first-order valence-electron chi connectivity index (χ1n) is 6.78. The molecule has 2 heteroatoms. The van der Waals surface area contributed by atoms with E-state index in [4.69, 9.17) is 9.47 Å². The van der Waals surface area contributed by atoms with Gasteiger partial charge >= 0.3 is 0 Å². The van der Waals surface area contributed by atoms with Crippen molar-refractivity contribution < 1.29 is 9.47 Å². The molecule has 0 unspecified atom stereocenters. The number of para-hydroxylation sites is 1. The van der Waals surface area contributed by atoms with Crippen molar-refractivity contribution in [3.8, 4) is 5.75 Å². The van der Waals surface area contributed by atoms with Gasteiger partial charge in [-0.05, 0) is 30.0 Å². The average molecular weight is 254 g/mol. The number of benzene rings is 2. The molecule has 1 fully saturated rings. The SMILES string of the molecule is c1ccc(CCc2ccccc2OC[C@@H]2CO2)cc1. The summed E-state index contributed by atoms with van der Waals surface area (Å²) in [5, 5.41) is 0. The Morgan fingerprint density at radius 2 is 1.68 bits per heavy atom. The Kier molecular flexibility index (Phi) is 3.80. The summed E-state index contributed by atoms with van der Waals surface area (Å²) in [6, 6.07) is 18.8. The predicted octanol–water partition coefficient (Wildman–Crippen LogP) is 3.25. The van der Waals surface area contributed by atoms with Crippen LogP contribution in [0, 0.1) is 0 Å². The molecule has 1 aliphatic rings. The lowest BCUT2D eigenvalue weighted by atomic mass is 10.0. The predicted molar refractivity (Wildman–Crippen MR) is 75.5 cm³/mol. The van der Waals surface area contributed by atoms with Crippen molar-refractivity contribution in [2.45, 2.75) is 18.9 Å². The summed E-state index contributed by atoms with van der Waals surface area (Å²) in [6.07, 6.45) is 2.36. The summed E-state index contributed by atoms with van der Waals surface area (Å²) in [5.74, 6) is 0.994. The third-order valence-corrected chi connectivity index (χ3v) is 3.33. The van der Waals surface area contributed by atoms with E-state index in [9.17, 15) is 0 Å². The van der Waals surface area contributed by atoms with Gasteiger partial charge < -0.3 is 9.47 Å². The van der Waals surface area contributed by atoms with E-state index in [1.165, 1.54) is 11.1 Å². The van der Waals surface area contributed by atoms with E-state index in [1.807, 2.05) is 12.1 Å². The van der Waals surface area contributed by atoms with Crippen molar-refractivity contribution in [1.29, 1.82) is 0 Å². The maximum absolute atomic E-state index is 5.82. The van der Waals surface area contributed by atoms with E-state index in [1.54, 1.807) is 0 Å². The lowest BCUT2D eigenvalue weighted by Crippen LogP contribution is -2.06. The van der Waals surface area contributed by atoms with Crippen molar-refractivity contribution in [2.75, 3.05) is 13.2 Å². The number of aryl methyl sites for hydroxylation is 2. The molecule has 0 spiro atoms. The normalized spacial score (nSPS) is 17.2. The molecule has 1 aliphatic heterocycles. The van der Waals surface area contributed by atoms with Crippen LogP contribution in [0.15, 0.2) is 54.6 Å². The fourth-order valence-corrected chi connectivity index (χ4v) is 2.12. The topological polar surface area (TPSA) is 21.8 Å². The third kappa shape index (κ3) is 3.58. The first kappa shape index (κ1) is 12.2. The van der Waals surface area contributed by atoms with Gasteiger partial charge in [0.1, 0.15) is 18.5 Å². The summed E-state index contributed by atoms with van der Waals surface area (Å²) >= 11 is 0. The monoisotopic (exact) mass is 254 g/mol. The molecular formula is C17H18O2. The highest BCUT2D eigenvalue weighted by atomic mass is 16.6. The molecule has 2 nitrogen and oxygen atoms in total. The van der Waals surface area contributed by atoms with E-state index in [0.717, 1.165) is 25.2 Å². The molecule has 3 rings (SSSR count). The highest BCUT2D eigenvalue weighted by molar-refractivity contribution is 5.34. The number of rotatable bonds is 6. The van der Waals surface area contributed by atoms with Crippen LogP contribution in [0.1, 0.15) is 11.1 Å². The number of ether oxygens (including phenoxy) is 2. The fourth-order valence-electron chi connectivity index (χ4n) is 2.12. The smallest absolute Gasteiger partial charge is 0.122 e. The molecule has 1 heterocycles. The first-order valence-corrected chi connectivity index (χ1v) is 6.78. The third-order valence-electron chi connectivity index (χ3n) is 3.33. The molecule has 0 saturated carbocycles. The molecular weight excluding hydrogens is 236 g/mol. The van der Waals surface area contributed by atoms with Crippen LogP contribution in [0.25, 0.3) is 0 Å². The van der Waals surface area contributed by atoms with Crippen LogP contribution in [0.2, 0.25) is 0 Å². The Balaban J connectivity index is 1.62. The summed E-state index contributed by atoms with van der Waals surface area (Å²) in [7, 11) is 0. The van der Waals surface area contributed by atoms with Crippen molar-refractivity contribution >= 4 is 0 Å². The Bertz CT molecular complexity index is 518. The average Bonchev–Trinajstić information content (AvgIpc) is 3.29. The van der Waals surface area contributed by atoms with E-state index in [2.05, 4.69) is 42.5 Å². The Morgan fingerprint density at radius 1 is 0.947 bits per heavy atom. The van der Waals surface area contributed by atoms with Gasteiger partial charge in [0.2, 0.25) is 0 Å². The standard InChI is InChI=1S/C17H18O2/c1-2-6-14(7-3-1)10-11-15-8-4-5-9-17(15)19-13-16-12-18-16/h1-9,16H,10-13H2/t16-/m0/s1. The molecule has 0 amide bonds. The maximum Gasteiger partial charge on any atom is 0.122 e. The highest BCUT2D eigenvalue weighted by Crippen LogP contribution is 2.21. The zero-order valence-corrected chi connectivity index (χ0v) is 10.9. The van der Waals surface area contributed by atoms with Crippen LogP contribution in [-0.4, -0.2) is 19.3 Å². The largest absolute Gasteiger partial charge is 0.491 e. The van der Waals surface area contributed by atoms with Crippen LogP contribution in [0.5, 0.6) is 5.75 Å². The van der Waals surface area contributed by atoms with Gasteiger partial charge in [0.05, 0.1) is 6.61 Å². The van der Waals surface area contributed by atoms with E-state index in [-0.39, 0.29) is 0 Å². The first-order chi connectivity index (χ1) is 9.42. The van der Waals surface area contributed by atoms with Gasteiger partial charge in [-0.15, -0.1) is 0 Å². The number of hydrogen-bond donors (Lipinski definition) is 0. The van der Waals surface area contributed by atoms with E-state index < -0.39 is 0 Å². The summed E-state index contributed by atoms with van der Waals surface area (Å²) in [4.78, 5) is 0. The van der Waals surface area contributed by atoms with Crippen LogP contribution in [0.4, 0.5) is 0 Å². The number of hydrogen-bond acceptors (Lipinski definition) is 2. The molecule has 0 N–H and O–H groups in total. The number of epoxide rings is 1. The molecule has 0 radical (unpaired) electrons. The van der Waals surface area contributed by atoms with Gasteiger partial charge in [-0.25, -0.2) is 0 Å². The van der Waals surface area contributed by atoms with Crippen LogP contribution in [-0.2, 0) is 17.6 Å². The van der Waals surface area contributed by atoms with E-state index >= 15 is 0 Å². The van der Waals surface area contributed by atoms with E-state index in [0.29, 0.717) is 12.7 Å². The molecule has 2 aromatic carbocycles. The fraction of sp³-hybridized carbons (Fsp3) is 0.294. The summed E-state index contributed by atoms with van der Waals surface area (Å²) < 4.78 is 11.0. The van der Waals surface area contributed by atoms with Crippen molar-refractivity contribution in [1.82, 2.24) is 0 Å². The highest BCUT2D eigenvalue weighted by Gasteiger charge is 2.23. The second kappa shape index (κ2) is 5.89. The Hall–Kier alpha value is -1.80. The quantitative estimate of drug-likeness (QED) is 0.738. The molecule has 0 aromatic heterocycles. The van der Waals surface area contributed by atoms with Gasteiger partial charge in [-0.3, -0.25) is 0 Å². The molecule has 1 atom stereocenters. The van der Waals surface area contributed by atoms with Gasteiger partial charge in [0.15, 0.2) is 0 Å². The molecule has 0 aliphatic carbocycles. The van der Waals surface area contributed by atoms with Crippen LogP contribution >= 0.6 is 0 Å². The Labute approximate surface area is 114 Å². The molecule has 1 saturated heterocycles. The van der Waals surface area contributed by atoms with Gasteiger partial charge in [-0.1, -0.05) is 48.5 Å². The lowest BCUT2D eigenvalue weighted by Gasteiger charge is -2.10. The van der Waals surface area contributed by atoms with Gasteiger partial charge in [-0.2, -0.15) is 0 Å². The molecule has 0 bridgehead atoms. The van der Waals surface area contributed by atoms with Crippen LogP contribution in [0.3, 0.4) is 0 Å². The second-order valence-electron chi connectivity index (χ2n) is 4.86. The minimum absolute atomic E-state index is 0.308. The van der Waals surface area contributed by atoms with Crippen molar-refractivity contribution in [2.24, 2.45) is 0 Å². The lowest BCUT2D eigenvalue weighted by molar-refractivity contribution is 0.261. The second-order valence-corrected chi connectivity index (χ2v) is 4.86.